The van der Waals surface area contributed by atoms with Crippen LogP contribution in [0.4, 0.5) is 5.69 Å². The second-order valence-corrected chi connectivity index (χ2v) is 8.05. The molecule has 0 radical (unpaired) electrons. The van der Waals surface area contributed by atoms with E-state index in [4.69, 9.17) is 16.3 Å². The van der Waals surface area contributed by atoms with Gasteiger partial charge in [-0.05, 0) is 31.2 Å². The number of anilines is 1. The number of thiophene rings is 1. The van der Waals surface area contributed by atoms with E-state index in [0.717, 1.165) is 64.4 Å². The molecule has 7 heteroatoms. The van der Waals surface area contributed by atoms with E-state index in [1.165, 1.54) is 11.3 Å². The average molecular weight is 390 g/mol. The Balaban J connectivity index is 1.52. The van der Waals surface area contributed by atoms with Crippen molar-refractivity contribution < 1.29 is 9.53 Å². The summed E-state index contributed by atoms with van der Waals surface area (Å²) in [7, 11) is 1.93. The van der Waals surface area contributed by atoms with Crippen LogP contribution in [0.15, 0.2) is 24.3 Å². The normalized spacial score (nSPS) is 15.6. The van der Waals surface area contributed by atoms with Gasteiger partial charge < -0.3 is 9.64 Å². The number of ether oxygens (including phenoxy) is 1. The molecule has 5 nitrogen and oxygen atoms in total. The minimum atomic E-state index is 0.177. The van der Waals surface area contributed by atoms with Crippen molar-refractivity contribution >= 4 is 45.1 Å². The van der Waals surface area contributed by atoms with Crippen molar-refractivity contribution in [3.63, 3.8) is 0 Å². The van der Waals surface area contributed by atoms with Gasteiger partial charge in [0.25, 0.3) is 0 Å². The van der Waals surface area contributed by atoms with Crippen molar-refractivity contribution in [3.8, 4) is 5.75 Å². The molecule has 3 heterocycles. The van der Waals surface area contributed by atoms with Gasteiger partial charge in [0.2, 0.25) is 0 Å². The third kappa shape index (κ3) is 3.08. The zero-order valence-electron chi connectivity index (χ0n) is 14.7. The molecule has 0 N–H and O–H groups in total. The first-order valence-corrected chi connectivity index (χ1v) is 9.84. The molecule has 0 unspecified atom stereocenters. The molecule has 1 saturated heterocycles. The van der Waals surface area contributed by atoms with Crippen molar-refractivity contribution in [2.24, 2.45) is 7.05 Å². The monoisotopic (exact) mass is 389 g/mol. The Labute approximate surface area is 161 Å². The fraction of sp³-hybridized carbons (Fsp3) is 0.368. The number of nitrogens with zero attached hydrogens (tertiary/aromatic N) is 3. The lowest BCUT2D eigenvalue weighted by Gasteiger charge is -2.33. The van der Waals surface area contributed by atoms with Crippen LogP contribution >= 0.6 is 22.9 Å². The van der Waals surface area contributed by atoms with Crippen LogP contribution in [0.1, 0.15) is 28.2 Å². The van der Waals surface area contributed by atoms with Gasteiger partial charge in [0.05, 0.1) is 21.6 Å². The molecule has 0 spiro atoms. The lowest BCUT2D eigenvalue weighted by atomic mass is 10.1. The number of benzene rings is 1. The third-order valence-electron chi connectivity index (χ3n) is 4.83. The van der Waals surface area contributed by atoms with E-state index in [9.17, 15) is 4.79 Å². The standard InChI is InChI=1S/C19H20ClN3O2S/c1-12-17-18(16(11-24)26-19(17)22(2)21-12)23-9-7-15(8-10-23)25-14-5-3-13(20)4-6-14/h3-6,11,15H,7-10H2,1-2H3. The van der Waals surface area contributed by atoms with Crippen molar-refractivity contribution in [1.82, 2.24) is 9.78 Å². The van der Waals surface area contributed by atoms with Gasteiger partial charge in [-0.2, -0.15) is 5.10 Å². The highest BCUT2D eigenvalue weighted by Crippen LogP contribution is 2.40. The topological polar surface area (TPSA) is 47.4 Å². The zero-order chi connectivity index (χ0) is 18.3. The first-order chi connectivity index (χ1) is 12.6. The van der Waals surface area contributed by atoms with Crippen LogP contribution in [-0.4, -0.2) is 35.3 Å². The summed E-state index contributed by atoms with van der Waals surface area (Å²) in [5.41, 5.74) is 2.01. The van der Waals surface area contributed by atoms with E-state index >= 15 is 0 Å². The molecule has 0 amide bonds. The Bertz CT molecular complexity index is 940. The number of hydrogen-bond donors (Lipinski definition) is 0. The van der Waals surface area contributed by atoms with E-state index in [0.29, 0.717) is 5.02 Å². The number of carbonyl (C=O) groups excluding carboxylic acids is 1. The van der Waals surface area contributed by atoms with Gasteiger partial charge in [-0.25, -0.2) is 0 Å². The Hall–Kier alpha value is -2.05. The summed E-state index contributed by atoms with van der Waals surface area (Å²) in [6.07, 6.45) is 2.97. The van der Waals surface area contributed by atoms with Gasteiger partial charge in [0.15, 0.2) is 6.29 Å². The molecule has 136 valence electrons. The fourth-order valence-corrected chi connectivity index (χ4v) is 4.83. The van der Waals surface area contributed by atoms with Gasteiger partial charge in [0, 0.05) is 38.0 Å². The number of aryl methyl sites for hydroxylation is 2. The maximum atomic E-state index is 11.6. The molecule has 2 aromatic heterocycles. The minimum absolute atomic E-state index is 0.177. The first kappa shape index (κ1) is 17.4. The van der Waals surface area contributed by atoms with E-state index in [1.807, 2.05) is 42.9 Å². The SMILES string of the molecule is Cc1nn(C)c2sc(C=O)c(N3CCC(Oc4ccc(Cl)cc4)CC3)c12. The summed E-state index contributed by atoms with van der Waals surface area (Å²) >= 11 is 7.44. The van der Waals surface area contributed by atoms with Gasteiger partial charge in [-0.15, -0.1) is 11.3 Å². The number of carbonyl (C=O) groups is 1. The Kier molecular flexibility index (Phi) is 4.63. The summed E-state index contributed by atoms with van der Waals surface area (Å²) in [6, 6.07) is 7.49. The maximum absolute atomic E-state index is 11.6. The first-order valence-electron chi connectivity index (χ1n) is 8.65. The van der Waals surface area contributed by atoms with E-state index in [1.54, 1.807) is 0 Å². The smallest absolute Gasteiger partial charge is 0.162 e. The molecular formula is C19H20ClN3O2S. The van der Waals surface area contributed by atoms with Gasteiger partial charge in [0.1, 0.15) is 16.7 Å². The Morgan fingerprint density at radius 2 is 1.96 bits per heavy atom. The lowest BCUT2D eigenvalue weighted by molar-refractivity contribution is 0.112. The van der Waals surface area contributed by atoms with E-state index in [-0.39, 0.29) is 6.10 Å². The molecule has 0 aliphatic carbocycles. The number of hydrogen-bond acceptors (Lipinski definition) is 5. The lowest BCUT2D eigenvalue weighted by Crippen LogP contribution is -2.38. The Morgan fingerprint density at radius 1 is 1.27 bits per heavy atom. The van der Waals surface area contributed by atoms with Crippen molar-refractivity contribution in [1.29, 1.82) is 0 Å². The van der Waals surface area contributed by atoms with E-state index < -0.39 is 0 Å². The van der Waals surface area contributed by atoms with Gasteiger partial charge in [-0.3, -0.25) is 9.48 Å². The summed E-state index contributed by atoms with van der Waals surface area (Å²) < 4.78 is 7.94. The number of fused-ring (bicyclic) bond motifs is 1. The highest BCUT2D eigenvalue weighted by Gasteiger charge is 2.27. The molecule has 1 aliphatic heterocycles. The molecule has 1 aromatic carbocycles. The van der Waals surface area contributed by atoms with Crippen LogP contribution in [0.5, 0.6) is 5.75 Å². The highest BCUT2D eigenvalue weighted by molar-refractivity contribution is 7.21. The van der Waals surface area contributed by atoms with Crippen LogP contribution < -0.4 is 9.64 Å². The summed E-state index contributed by atoms with van der Waals surface area (Å²) in [5, 5.41) is 6.33. The molecule has 0 atom stereocenters. The summed E-state index contributed by atoms with van der Waals surface area (Å²) in [5.74, 6) is 0.849. The molecule has 1 aliphatic rings. The summed E-state index contributed by atoms with van der Waals surface area (Å²) in [4.78, 5) is 15.8. The fourth-order valence-electron chi connectivity index (χ4n) is 3.60. The van der Waals surface area contributed by atoms with Crippen LogP contribution in [0.3, 0.4) is 0 Å². The number of rotatable bonds is 4. The third-order valence-corrected chi connectivity index (χ3v) is 6.25. The van der Waals surface area contributed by atoms with Crippen LogP contribution in [0.2, 0.25) is 5.02 Å². The number of aldehydes is 1. The molecule has 3 aromatic rings. The number of aromatic nitrogens is 2. The highest BCUT2D eigenvalue weighted by atomic mass is 35.5. The largest absolute Gasteiger partial charge is 0.490 e. The second-order valence-electron chi connectivity index (χ2n) is 6.58. The van der Waals surface area contributed by atoms with Crippen LogP contribution in [0, 0.1) is 6.92 Å². The van der Waals surface area contributed by atoms with Crippen LogP contribution in [0.25, 0.3) is 10.2 Å². The van der Waals surface area contributed by atoms with Gasteiger partial charge >= 0.3 is 0 Å². The maximum Gasteiger partial charge on any atom is 0.162 e. The molecule has 1 fully saturated rings. The molecular weight excluding hydrogens is 370 g/mol. The zero-order valence-corrected chi connectivity index (χ0v) is 16.3. The number of halogens is 1. The van der Waals surface area contributed by atoms with E-state index in [2.05, 4.69) is 10.00 Å². The molecule has 0 bridgehead atoms. The van der Waals surface area contributed by atoms with Crippen molar-refractivity contribution in [3.05, 3.63) is 39.9 Å². The summed E-state index contributed by atoms with van der Waals surface area (Å²) in [6.45, 7) is 3.72. The van der Waals surface area contributed by atoms with Gasteiger partial charge in [-0.1, -0.05) is 11.6 Å². The quantitative estimate of drug-likeness (QED) is 0.618. The molecule has 4 rings (SSSR count). The van der Waals surface area contributed by atoms with Crippen molar-refractivity contribution in [2.45, 2.75) is 25.9 Å². The molecule has 26 heavy (non-hydrogen) atoms. The predicted octanol–water partition coefficient (Wildman–Crippen LogP) is 4.46. The minimum Gasteiger partial charge on any atom is -0.490 e. The average Bonchev–Trinajstić information content (AvgIpc) is 3.16. The number of piperidine rings is 1. The second kappa shape index (κ2) is 6.93. The van der Waals surface area contributed by atoms with Crippen molar-refractivity contribution in [2.75, 3.05) is 18.0 Å². The van der Waals surface area contributed by atoms with Crippen LogP contribution in [-0.2, 0) is 7.05 Å². The predicted molar refractivity (Wildman–Crippen MR) is 106 cm³/mol. The Morgan fingerprint density at radius 3 is 2.62 bits per heavy atom. The molecule has 0 saturated carbocycles.